The van der Waals surface area contributed by atoms with Crippen molar-refractivity contribution in [2.45, 2.75) is 31.2 Å². The Morgan fingerprint density at radius 1 is 1.60 bits per heavy atom. The zero-order valence-electron chi connectivity index (χ0n) is 8.79. The second-order valence-electron chi connectivity index (χ2n) is 4.14. The van der Waals surface area contributed by atoms with Gasteiger partial charge >= 0.3 is 0 Å². The molecule has 1 aromatic heterocycles. The third-order valence-corrected chi connectivity index (χ3v) is 3.75. The van der Waals surface area contributed by atoms with Gasteiger partial charge in [0.2, 0.25) is 0 Å². The predicted octanol–water partition coefficient (Wildman–Crippen LogP) is 2.28. The lowest BCUT2D eigenvalue weighted by Gasteiger charge is -2.10. The van der Waals surface area contributed by atoms with Crippen molar-refractivity contribution in [3.63, 3.8) is 0 Å². The van der Waals surface area contributed by atoms with Crippen molar-refractivity contribution in [1.29, 1.82) is 0 Å². The van der Waals surface area contributed by atoms with E-state index in [1.165, 1.54) is 0 Å². The molecule has 1 fully saturated rings. The van der Waals surface area contributed by atoms with Crippen molar-refractivity contribution in [3.8, 4) is 5.75 Å². The highest BCUT2D eigenvalue weighted by atomic mass is 79.9. The number of hydrogen-bond acceptors (Lipinski definition) is 3. The van der Waals surface area contributed by atoms with Gasteiger partial charge in [0.05, 0.1) is 17.3 Å². The first-order valence-electron chi connectivity index (χ1n) is 5.11. The number of aromatic nitrogens is 1. The van der Waals surface area contributed by atoms with E-state index in [9.17, 15) is 0 Å². The number of methoxy groups -OCH3 is 1. The normalized spacial score (nSPS) is 17.5. The molecule has 82 valence electrons. The molecule has 1 heterocycles. The zero-order chi connectivity index (χ0) is 10.9. The summed E-state index contributed by atoms with van der Waals surface area (Å²) in [6, 6.07) is 1.85. The van der Waals surface area contributed by atoms with Gasteiger partial charge in [0.15, 0.2) is 0 Å². The summed E-state index contributed by atoms with van der Waals surface area (Å²) in [5.41, 5.74) is 7.16. The molecule has 2 N–H and O–H groups in total. The molecular formula is C11H15BrN2O. The molecule has 0 spiro atoms. The lowest BCUT2D eigenvalue weighted by atomic mass is 10.1. The Labute approximate surface area is 98.2 Å². The fourth-order valence-electron chi connectivity index (χ4n) is 1.58. The fourth-order valence-corrected chi connectivity index (χ4v) is 2.17. The lowest BCUT2D eigenvalue weighted by Crippen LogP contribution is -2.22. The molecule has 1 aliphatic carbocycles. The highest BCUT2D eigenvalue weighted by Gasteiger charge is 2.37. The summed E-state index contributed by atoms with van der Waals surface area (Å²) in [7, 11) is 1.66. The summed E-state index contributed by atoms with van der Waals surface area (Å²) < 4.78 is 6.17. The van der Waals surface area contributed by atoms with Gasteiger partial charge in [0, 0.05) is 11.7 Å². The first kappa shape index (κ1) is 10.9. The molecule has 1 saturated carbocycles. The monoisotopic (exact) mass is 270 g/mol. The van der Waals surface area contributed by atoms with Crippen molar-refractivity contribution in [3.05, 3.63) is 22.4 Å². The molecule has 0 bridgehead atoms. The minimum Gasteiger partial charge on any atom is -0.495 e. The average Bonchev–Trinajstić information content (AvgIpc) is 2.96. The molecule has 0 unspecified atom stereocenters. The van der Waals surface area contributed by atoms with Crippen LogP contribution in [0.4, 0.5) is 0 Å². The van der Waals surface area contributed by atoms with Crippen LogP contribution in [-0.4, -0.2) is 17.6 Å². The number of aryl methyl sites for hydroxylation is 1. The molecule has 15 heavy (non-hydrogen) atoms. The number of rotatable bonds is 4. The van der Waals surface area contributed by atoms with E-state index in [4.69, 9.17) is 10.5 Å². The van der Waals surface area contributed by atoms with Gasteiger partial charge in [-0.05, 0) is 47.7 Å². The summed E-state index contributed by atoms with van der Waals surface area (Å²) in [5.74, 6) is 0.835. The summed E-state index contributed by atoms with van der Waals surface area (Å²) in [4.78, 5) is 4.34. The van der Waals surface area contributed by atoms with Gasteiger partial charge in [0.25, 0.3) is 0 Å². The lowest BCUT2D eigenvalue weighted by molar-refractivity contribution is 0.410. The highest BCUT2D eigenvalue weighted by Crippen LogP contribution is 2.37. The van der Waals surface area contributed by atoms with Crippen LogP contribution in [0.2, 0.25) is 0 Å². The Bertz CT molecular complexity index is 364. The van der Waals surface area contributed by atoms with E-state index in [-0.39, 0.29) is 5.54 Å². The SMILES string of the molecule is COc1ccnc(CCC2(N)CC2)c1Br. The third kappa shape index (κ3) is 2.49. The van der Waals surface area contributed by atoms with Crippen LogP contribution in [0.25, 0.3) is 0 Å². The number of nitrogens with zero attached hydrogens (tertiary/aromatic N) is 1. The maximum Gasteiger partial charge on any atom is 0.136 e. The van der Waals surface area contributed by atoms with E-state index in [0.29, 0.717) is 0 Å². The predicted molar refractivity (Wildman–Crippen MR) is 63.0 cm³/mol. The molecule has 0 amide bonds. The van der Waals surface area contributed by atoms with Crippen LogP contribution in [0.5, 0.6) is 5.75 Å². The maximum absolute atomic E-state index is 6.04. The summed E-state index contributed by atoms with van der Waals surface area (Å²) in [5, 5.41) is 0. The molecule has 3 nitrogen and oxygen atoms in total. The fraction of sp³-hybridized carbons (Fsp3) is 0.545. The van der Waals surface area contributed by atoms with Crippen LogP contribution >= 0.6 is 15.9 Å². The van der Waals surface area contributed by atoms with Crippen LogP contribution in [0.1, 0.15) is 25.0 Å². The molecule has 1 aromatic rings. The van der Waals surface area contributed by atoms with E-state index in [1.54, 1.807) is 13.3 Å². The second kappa shape index (κ2) is 4.10. The summed E-state index contributed by atoms with van der Waals surface area (Å²) in [6.45, 7) is 0. The highest BCUT2D eigenvalue weighted by molar-refractivity contribution is 9.10. The van der Waals surface area contributed by atoms with Crippen molar-refractivity contribution in [1.82, 2.24) is 4.98 Å². The van der Waals surface area contributed by atoms with Gasteiger partial charge in [-0.3, -0.25) is 4.98 Å². The Balaban J connectivity index is 2.07. The van der Waals surface area contributed by atoms with E-state index >= 15 is 0 Å². The van der Waals surface area contributed by atoms with Crippen molar-refractivity contribution >= 4 is 15.9 Å². The number of nitrogens with two attached hydrogens (primary N) is 1. The van der Waals surface area contributed by atoms with Gasteiger partial charge in [-0.2, -0.15) is 0 Å². The Morgan fingerprint density at radius 2 is 2.33 bits per heavy atom. The molecule has 2 rings (SSSR count). The number of pyridine rings is 1. The van der Waals surface area contributed by atoms with Crippen LogP contribution in [0.15, 0.2) is 16.7 Å². The molecule has 0 atom stereocenters. The topological polar surface area (TPSA) is 48.1 Å². The largest absolute Gasteiger partial charge is 0.495 e. The van der Waals surface area contributed by atoms with E-state index in [0.717, 1.165) is 41.6 Å². The Morgan fingerprint density at radius 3 is 2.93 bits per heavy atom. The van der Waals surface area contributed by atoms with Gasteiger partial charge in [-0.1, -0.05) is 0 Å². The van der Waals surface area contributed by atoms with Crippen LogP contribution in [0, 0.1) is 0 Å². The van der Waals surface area contributed by atoms with E-state index in [1.807, 2.05) is 6.07 Å². The van der Waals surface area contributed by atoms with E-state index in [2.05, 4.69) is 20.9 Å². The second-order valence-corrected chi connectivity index (χ2v) is 4.93. The average molecular weight is 271 g/mol. The number of halogens is 1. The van der Waals surface area contributed by atoms with Crippen molar-refractivity contribution < 1.29 is 4.74 Å². The molecule has 0 aromatic carbocycles. The first-order valence-corrected chi connectivity index (χ1v) is 5.90. The molecule has 0 radical (unpaired) electrons. The minimum atomic E-state index is 0.0875. The smallest absolute Gasteiger partial charge is 0.136 e. The molecule has 1 aliphatic rings. The van der Waals surface area contributed by atoms with Gasteiger partial charge in [0.1, 0.15) is 5.75 Å². The number of ether oxygens (including phenoxy) is 1. The van der Waals surface area contributed by atoms with Gasteiger partial charge in [-0.25, -0.2) is 0 Å². The third-order valence-electron chi connectivity index (χ3n) is 2.90. The molecule has 0 aliphatic heterocycles. The van der Waals surface area contributed by atoms with E-state index < -0.39 is 0 Å². The molecule has 0 saturated heterocycles. The molecular weight excluding hydrogens is 256 g/mol. The van der Waals surface area contributed by atoms with Crippen molar-refractivity contribution in [2.75, 3.05) is 7.11 Å². The Hall–Kier alpha value is -0.610. The Kier molecular flexibility index (Phi) is 2.98. The quantitative estimate of drug-likeness (QED) is 0.913. The standard InChI is InChI=1S/C11H15BrN2O/c1-15-9-3-7-14-8(10(9)12)2-4-11(13)5-6-11/h3,7H,2,4-6,13H2,1H3. The maximum atomic E-state index is 6.04. The van der Waals surface area contributed by atoms with Crippen LogP contribution in [-0.2, 0) is 6.42 Å². The van der Waals surface area contributed by atoms with Gasteiger partial charge in [-0.15, -0.1) is 0 Å². The number of hydrogen-bond donors (Lipinski definition) is 1. The van der Waals surface area contributed by atoms with Crippen LogP contribution in [0.3, 0.4) is 0 Å². The summed E-state index contributed by atoms with van der Waals surface area (Å²) in [6.07, 6.45) is 5.98. The summed E-state index contributed by atoms with van der Waals surface area (Å²) >= 11 is 3.50. The first-order chi connectivity index (χ1) is 7.14. The van der Waals surface area contributed by atoms with Crippen molar-refractivity contribution in [2.24, 2.45) is 5.73 Å². The van der Waals surface area contributed by atoms with Crippen LogP contribution < -0.4 is 10.5 Å². The van der Waals surface area contributed by atoms with Gasteiger partial charge < -0.3 is 10.5 Å². The molecule has 4 heteroatoms. The zero-order valence-corrected chi connectivity index (χ0v) is 10.4. The minimum absolute atomic E-state index is 0.0875.